The first-order valence-corrected chi connectivity index (χ1v) is 5.83. The molecule has 0 amide bonds. The molecule has 0 radical (unpaired) electrons. The Balaban J connectivity index is 2.45. The Kier molecular flexibility index (Phi) is 3.52. The van der Waals surface area contributed by atoms with Gasteiger partial charge >= 0.3 is 0 Å². The molecule has 0 unspecified atom stereocenters. The molecule has 1 aromatic rings. The van der Waals surface area contributed by atoms with E-state index in [1.165, 1.54) is 0 Å². The number of aliphatic imine (C=N–C) groups is 1. The van der Waals surface area contributed by atoms with Crippen molar-refractivity contribution in [1.29, 1.82) is 0 Å². The van der Waals surface area contributed by atoms with Crippen LogP contribution in [0.3, 0.4) is 0 Å². The lowest BCUT2D eigenvalue weighted by molar-refractivity contribution is 0.310. The Morgan fingerprint density at radius 1 is 1.41 bits per heavy atom. The first-order valence-electron chi connectivity index (χ1n) is 5.83. The van der Waals surface area contributed by atoms with Crippen LogP contribution >= 0.6 is 0 Å². The molecule has 4 heteroatoms. The van der Waals surface area contributed by atoms with Crippen molar-refractivity contribution >= 4 is 5.84 Å². The standard InChI is InChI=1S/C13H18N2O2/c1-4-17-12-10(6-5-7-11(12)16-3)13-14-8-9-15(13)2/h5-7H,4,8-9H2,1-3H3. The first-order chi connectivity index (χ1) is 8.27. The number of amidine groups is 1. The highest BCUT2D eigenvalue weighted by molar-refractivity contribution is 6.02. The summed E-state index contributed by atoms with van der Waals surface area (Å²) in [6.45, 7) is 4.38. The van der Waals surface area contributed by atoms with Gasteiger partial charge in [-0.05, 0) is 19.1 Å². The number of hydrogen-bond acceptors (Lipinski definition) is 4. The Hall–Kier alpha value is -1.71. The molecule has 1 aliphatic rings. The summed E-state index contributed by atoms with van der Waals surface area (Å²) in [5.41, 5.74) is 1.01. The van der Waals surface area contributed by atoms with Gasteiger partial charge in [-0.3, -0.25) is 4.99 Å². The van der Waals surface area contributed by atoms with Gasteiger partial charge in [-0.2, -0.15) is 0 Å². The van der Waals surface area contributed by atoms with E-state index in [-0.39, 0.29) is 0 Å². The van der Waals surface area contributed by atoms with Gasteiger partial charge in [0.25, 0.3) is 0 Å². The molecule has 0 spiro atoms. The topological polar surface area (TPSA) is 34.1 Å². The molecule has 4 nitrogen and oxygen atoms in total. The number of likely N-dealkylation sites (N-methyl/N-ethyl adjacent to an activating group) is 1. The fourth-order valence-electron chi connectivity index (χ4n) is 1.97. The van der Waals surface area contributed by atoms with Crippen LogP contribution in [0.15, 0.2) is 23.2 Å². The highest BCUT2D eigenvalue weighted by atomic mass is 16.5. The summed E-state index contributed by atoms with van der Waals surface area (Å²) in [6, 6.07) is 5.89. The van der Waals surface area contributed by atoms with Crippen molar-refractivity contribution in [3.8, 4) is 11.5 Å². The Morgan fingerprint density at radius 3 is 2.82 bits per heavy atom. The molecule has 1 heterocycles. The average molecular weight is 234 g/mol. The maximum absolute atomic E-state index is 5.69. The molecule has 0 N–H and O–H groups in total. The molecule has 0 aromatic heterocycles. The molecular formula is C13H18N2O2. The van der Waals surface area contributed by atoms with Crippen LogP contribution in [0, 0.1) is 0 Å². The van der Waals surface area contributed by atoms with Gasteiger partial charge in [-0.25, -0.2) is 0 Å². The van der Waals surface area contributed by atoms with E-state index in [9.17, 15) is 0 Å². The van der Waals surface area contributed by atoms with E-state index < -0.39 is 0 Å². The molecule has 17 heavy (non-hydrogen) atoms. The van der Waals surface area contributed by atoms with Crippen LogP contribution in [-0.4, -0.2) is 44.6 Å². The molecule has 1 aromatic carbocycles. The number of ether oxygens (including phenoxy) is 2. The summed E-state index contributed by atoms with van der Waals surface area (Å²) >= 11 is 0. The minimum Gasteiger partial charge on any atom is -0.493 e. The zero-order chi connectivity index (χ0) is 12.3. The van der Waals surface area contributed by atoms with Crippen LogP contribution in [0.1, 0.15) is 12.5 Å². The lowest BCUT2D eigenvalue weighted by atomic mass is 10.1. The van der Waals surface area contributed by atoms with Crippen molar-refractivity contribution in [3.05, 3.63) is 23.8 Å². The molecule has 1 aliphatic heterocycles. The van der Waals surface area contributed by atoms with Crippen molar-refractivity contribution in [3.63, 3.8) is 0 Å². The number of benzene rings is 1. The van der Waals surface area contributed by atoms with Crippen molar-refractivity contribution in [2.24, 2.45) is 4.99 Å². The second kappa shape index (κ2) is 5.08. The van der Waals surface area contributed by atoms with Gasteiger partial charge in [-0.1, -0.05) is 6.07 Å². The van der Waals surface area contributed by atoms with Crippen molar-refractivity contribution in [2.75, 3.05) is 33.9 Å². The number of methoxy groups -OCH3 is 1. The molecule has 0 fully saturated rings. The summed E-state index contributed by atoms with van der Waals surface area (Å²) in [4.78, 5) is 6.65. The highest BCUT2D eigenvalue weighted by Crippen LogP contribution is 2.32. The Bertz CT molecular complexity index is 429. The summed E-state index contributed by atoms with van der Waals surface area (Å²) in [5.74, 6) is 2.52. The molecule has 0 bridgehead atoms. The van der Waals surface area contributed by atoms with Crippen LogP contribution in [0.5, 0.6) is 11.5 Å². The predicted octanol–water partition coefficient (Wildman–Crippen LogP) is 1.79. The molecule has 92 valence electrons. The number of hydrogen-bond donors (Lipinski definition) is 0. The molecular weight excluding hydrogens is 216 g/mol. The van der Waals surface area contributed by atoms with E-state index in [1.54, 1.807) is 7.11 Å². The quantitative estimate of drug-likeness (QED) is 0.796. The normalized spacial score (nSPS) is 14.8. The Labute approximate surface area is 102 Å². The lowest BCUT2D eigenvalue weighted by Crippen LogP contribution is -2.24. The second-order valence-corrected chi connectivity index (χ2v) is 3.90. The van der Waals surface area contributed by atoms with Crippen LogP contribution in [0.25, 0.3) is 0 Å². The van der Waals surface area contributed by atoms with Gasteiger partial charge in [0.2, 0.25) is 0 Å². The SMILES string of the molecule is CCOc1c(OC)cccc1C1=NCCN1C. The lowest BCUT2D eigenvalue weighted by Gasteiger charge is -2.18. The number of rotatable bonds is 4. The van der Waals surface area contributed by atoms with Gasteiger partial charge in [0, 0.05) is 13.6 Å². The fraction of sp³-hybridized carbons (Fsp3) is 0.462. The Morgan fingerprint density at radius 2 is 2.24 bits per heavy atom. The first kappa shape index (κ1) is 11.8. The third kappa shape index (κ3) is 2.20. The number of para-hydroxylation sites is 1. The van der Waals surface area contributed by atoms with E-state index in [0.29, 0.717) is 6.61 Å². The number of nitrogens with zero attached hydrogens (tertiary/aromatic N) is 2. The zero-order valence-corrected chi connectivity index (χ0v) is 10.6. The second-order valence-electron chi connectivity index (χ2n) is 3.90. The van der Waals surface area contributed by atoms with Gasteiger partial charge in [0.1, 0.15) is 5.84 Å². The summed E-state index contributed by atoms with van der Waals surface area (Å²) in [7, 11) is 3.70. The molecule has 0 saturated heterocycles. The van der Waals surface area contributed by atoms with Crippen LogP contribution in [0.2, 0.25) is 0 Å². The monoisotopic (exact) mass is 234 g/mol. The van der Waals surface area contributed by atoms with E-state index in [1.807, 2.05) is 32.2 Å². The largest absolute Gasteiger partial charge is 0.493 e. The summed E-state index contributed by atoms with van der Waals surface area (Å²) in [6.07, 6.45) is 0. The van der Waals surface area contributed by atoms with E-state index in [0.717, 1.165) is 36.0 Å². The van der Waals surface area contributed by atoms with Gasteiger partial charge in [0.05, 0.1) is 25.8 Å². The highest BCUT2D eigenvalue weighted by Gasteiger charge is 2.20. The smallest absolute Gasteiger partial charge is 0.172 e. The average Bonchev–Trinajstić information content (AvgIpc) is 2.76. The molecule has 0 aliphatic carbocycles. The van der Waals surface area contributed by atoms with E-state index in [4.69, 9.17) is 9.47 Å². The van der Waals surface area contributed by atoms with Crippen LogP contribution in [-0.2, 0) is 0 Å². The summed E-state index contributed by atoms with van der Waals surface area (Å²) in [5, 5.41) is 0. The fourth-order valence-corrected chi connectivity index (χ4v) is 1.97. The molecule has 0 atom stereocenters. The third-order valence-corrected chi connectivity index (χ3v) is 2.79. The van der Waals surface area contributed by atoms with E-state index in [2.05, 4.69) is 9.89 Å². The van der Waals surface area contributed by atoms with Crippen molar-refractivity contribution < 1.29 is 9.47 Å². The van der Waals surface area contributed by atoms with Crippen LogP contribution < -0.4 is 9.47 Å². The van der Waals surface area contributed by atoms with Crippen molar-refractivity contribution in [2.45, 2.75) is 6.92 Å². The van der Waals surface area contributed by atoms with Gasteiger partial charge < -0.3 is 14.4 Å². The van der Waals surface area contributed by atoms with Gasteiger partial charge in [-0.15, -0.1) is 0 Å². The third-order valence-electron chi connectivity index (χ3n) is 2.79. The van der Waals surface area contributed by atoms with Crippen molar-refractivity contribution in [1.82, 2.24) is 4.90 Å². The summed E-state index contributed by atoms with van der Waals surface area (Å²) < 4.78 is 11.0. The minimum absolute atomic E-state index is 0.615. The molecule has 2 rings (SSSR count). The maximum atomic E-state index is 5.69. The molecule has 0 saturated carbocycles. The van der Waals surface area contributed by atoms with Gasteiger partial charge in [0.15, 0.2) is 11.5 Å². The maximum Gasteiger partial charge on any atom is 0.172 e. The minimum atomic E-state index is 0.615. The van der Waals surface area contributed by atoms with E-state index >= 15 is 0 Å². The zero-order valence-electron chi connectivity index (χ0n) is 10.6. The van der Waals surface area contributed by atoms with Crippen LogP contribution in [0.4, 0.5) is 0 Å². The predicted molar refractivity (Wildman–Crippen MR) is 68.2 cm³/mol.